The van der Waals surface area contributed by atoms with Gasteiger partial charge in [-0.05, 0) is 25.5 Å². The molecule has 1 amide bonds. The third kappa shape index (κ3) is 2.60. The van der Waals surface area contributed by atoms with Gasteiger partial charge in [0.25, 0.3) is 5.91 Å². The lowest BCUT2D eigenvalue weighted by Crippen LogP contribution is -2.56. The molecule has 102 valence electrons. The number of amides is 1. The highest BCUT2D eigenvalue weighted by Crippen LogP contribution is 2.23. The van der Waals surface area contributed by atoms with Crippen molar-refractivity contribution in [3.63, 3.8) is 0 Å². The van der Waals surface area contributed by atoms with E-state index in [-0.39, 0.29) is 5.91 Å². The van der Waals surface area contributed by atoms with Gasteiger partial charge in [-0.1, -0.05) is 18.0 Å². The van der Waals surface area contributed by atoms with E-state index in [0.717, 1.165) is 19.6 Å². The van der Waals surface area contributed by atoms with Gasteiger partial charge in [0.15, 0.2) is 0 Å². The molecular weight excluding hydrogens is 262 g/mol. The number of hydrogen-bond acceptors (Lipinski definition) is 3. The maximum Gasteiger partial charge on any atom is 0.255 e. The summed E-state index contributed by atoms with van der Waals surface area (Å²) in [5.74, 6) is 0.0395. The zero-order valence-electron chi connectivity index (χ0n) is 10.9. The van der Waals surface area contributed by atoms with Crippen LogP contribution in [0.4, 0.5) is 0 Å². The quantitative estimate of drug-likeness (QED) is 0.789. The molecule has 0 aromatic carbocycles. The van der Waals surface area contributed by atoms with Crippen molar-refractivity contribution < 1.29 is 4.79 Å². The molecule has 0 aliphatic carbocycles. The number of carbonyl (C=O) groups is 1. The molecule has 0 N–H and O–H groups in total. The lowest BCUT2D eigenvalue weighted by molar-refractivity contribution is 0.0372. The maximum atomic E-state index is 12.5. The Kier molecular flexibility index (Phi) is 3.71. The zero-order valence-corrected chi connectivity index (χ0v) is 11.6. The van der Waals surface area contributed by atoms with E-state index in [4.69, 9.17) is 11.6 Å². The number of nitrogens with zero attached hydrogens (tertiary/aromatic N) is 3. The molecule has 0 radical (unpaired) electrons. The Balaban J connectivity index is 1.73. The molecule has 2 aliphatic heterocycles. The van der Waals surface area contributed by atoms with Gasteiger partial charge in [-0.2, -0.15) is 0 Å². The fourth-order valence-corrected chi connectivity index (χ4v) is 3.26. The largest absolute Gasteiger partial charge is 0.336 e. The minimum atomic E-state index is 0.0395. The Labute approximate surface area is 118 Å². The predicted octanol–water partition coefficient (Wildman–Crippen LogP) is 2.05. The van der Waals surface area contributed by atoms with Gasteiger partial charge in [0, 0.05) is 38.1 Å². The van der Waals surface area contributed by atoms with Gasteiger partial charge in [0.2, 0.25) is 0 Å². The highest BCUT2D eigenvalue weighted by atomic mass is 35.5. The summed E-state index contributed by atoms with van der Waals surface area (Å²) in [5, 5.41) is 0.443. The summed E-state index contributed by atoms with van der Waals surface area (Å²) < 4.78 is 0. The van der Waals surface area contributed by atoms with E-state index in [1.165, 1.54) is 32.0 Å². The predicted molar refractivity (Wildman–Crippen MR) is 74.4 cm³/mol. The van der Waals surface area contributed by atoms with Crippen LogP contribution in [0.2, 0.25) is 5.02 Å². The van der Waals surface area contributed by atoms with Gasteiger partial charge in [-0.3, -0.25) is 14.7 Å². The highest BCUT2D eigenvalue weighted by Gasteiger charge is 2.31. The van der Waals surface area contributed by atoms with Gasteiger partial charge in [-0.25, -0.2) is 0 Å². The summed E-state index contributed by atoms with van der Waals surface area (Å²) in [5.41, 5.74) is 0.570. The summed E-state index contributed by atoms with van der Waals surface area (Å²) in [6.07, 6.45) is 6.93. The van der Waals surface area contributed by atoms with Crippen molar-refractivity contribution >= 4 is 17.5 Å². The van der Waals surface area contributed by atoms with Crippen LogP contribution < -0.4 is 0 Å². The zero-order chi connectivity index (χ0) is 13.2. The van der Waals surface area contributed by atoms with E-state index in [0.29, 0.717) is 16.6 Å². The van der Waals surface area contributed by atoms with Gasteiger partial charge in [0.05, 0.1) is 10.6 Å². The smallest absolute Gasteiger partial charge is 0.255 e. The Morgan fingerprint density at radius 1 is 1.32 bits per heavy atom. The first kappa shape index (κ1) is 12.9. The van der Waals surface area contributed by atoms with Gasteiger partial charge < -0.3 is 4.90 Å². The number of hydrogen-bond donors (Lipinski definition) is 0. The van der Waals surface area contributed by atoms with Crippen LogP contribution in [-0.2, 0) is 0 Å². The molecule has 4 nitrogen and oxygen atoms in total. The third-order valence-corrected chi connectivity index (χ3v) is 4.43. The molecule has 1 atom stereocenters. The van der Waals surface area contributed by atoms with E-state index >= 15 is 0 Å². The number of halogens is 1. The van der Waals surface area contributed by atoms with Gasteiger partial charge in [0.1, 0.15) is 0 Å². The van der Waals surface area contributed by atoms with E-state index in [2.05, 4.69) is 9.88 Å². The van der Waals surface area contributed by atoms with Crippen LogP contribution in [0.15, 0.2) is 18.5 Å². The topological polar surface area (TPSA) is 36.4 Å². The van der Waals surface area contributed by atoms with Crippen molar-refractivity contribution in [3.8, 4) is 0 Å². The molecule has 1 aromatic rings. The van der Waals surface area contributed by atoms with Crippen molar-refractivity contribution in [1.82, 2.24) is 14.8 Å². The third-order valence-electron chi connectivity index (χ3n) is 4.13. The van der Waals surface area contributed by atoms with Crippen molar-refractivity contribution in [3.05, 3.63) is 29.0 Å². The summed E-state index contributed by atoms with van der Waals surface area (Å²) >= 11 is 6.06. The first-order valence-corrected chi connectivity index (χ1v) is 7.26. The molecule has 1 aromatic heterocycles. The van der Waals surface area contributed by atoms with Crippen molar-refractivity contribution in [2.24, 2.45) is 0 Å². The number of aromatic nitrogens is 1. The van der Waals surface area contributed by atoms with Crippen LogP contribution >= 0.6 is 11.6 Å². The minimum Gasteiger partial charge on any atom is -0.336 e. The van der Waals surface area contributed by atoms with Crippen molar-refractivity contribution in [2.45, 2.75) is 25.3 Å². The molecule has 2 aliphatic rings. The van der Waals surface area contributed by atoms with E-state index in [9.17, 15) is 4.79 Å². The van der Waals surface area contributed by atoms with Crippen LogP contribution in [0.5, 0.6) is 0 Å². The fraction of sp³-hybridized carbons (Fsp3) is 0.571. The number of fused-ring (bicyclic) bond motifs is 1. The second kappa shape index (κ2) is 5.47. The van der Waals surface area contributed by atoms with Gasteiger partial charge >= 0.3 is 0 Å². The van der Waals surface area contributed by atoms with Crippen LogP contribution in [0.1, 0.15) is 29.6 Å². The molecule has 0 saturated carbocycles. The van der Waals surface area contributed by atoms with E-state index < -0.39 is 0 Å². The number of piperidine rings is 1. The average Bonchev–Trinajstić information content (AvgIpc) is 2.46. The molecule has 19 heavy (non-hydrogen) atoms. The molecule has 3 rings (SSSR count). The van der Waals surface area contributed by atoms with Crippen molar-refractivity contribution in [1.29, 1.82) is 0 Å². The Bertz CT molecular complexity index is 480. The molecule has 5 heteroatoms. The second-order valence-corrected chi connectivity index (χ2v) is 5.70. The van der Waals surface area contributed by atoms with Crippen molar-refractivity contribution in [2.75, 3.05) is 26.2 Å². The Morgan fingerprint density at radius 3 is 3.05 bits per heavy atom. The van der Waals surface area contributed by atoms with E-state index in [1.54, 1.807) is 12.3 Å². The molecule has 3 heterocycles. The maximum absolute atomic E-state index is 12.5. The monoisotopic (exact) mass is 279 g/mol. The number of pyridine rings is 1. The van der Waals surface area contributed by atoms with Crippen LogP contribution in [0.25, 0.3) is 0 Å². The van der Waals surface area contributed by atoms with Crippen LogP contribution in [0.3, 0.4) is 0 Å². The molecule has 2 saturated heterocycles. The summed E-state index contributed by atoms with van der Waals surface area (Å²) in [6.45, 7) is 3.80. The minimum absolute atomic E-state index is 0.0395. The lowest BCUT2D eigenvalue weighted by atomic mass is 9.99. The first-order valence-electron chi connectivity index (χ1n) is 6.88. The standard InChI is InChI=1S/C14H18ClN3O/c15-13-9-16-5-4-12(13)14(19)18-8-7-17-6-2-1-3-11(17)10-18/h4-5,9,11H,1-3,6-8,10H2. The molecular formula is C14H18ClN3O. The van der Waals surface area contributed by atoms with Crippen LogP contribution in [0, 0.1) is 0 Å². The Morgan fingerprint density at radius 2 is 2.21 bits per heavy atom. The molecule has 2 fully saturated rings. The highest BCUT2D eigenvalue weighted by molar-refractivity contribution is 6.33. The molecule has 1 unspecified atom stereocenters. The molecule has 0 bridgehead atoms. The second-order valence-electron chi connectivity index (χ2n) is 5.29. The van der Waals surface area contributed by atoms with Crippen LogP contribution in [-0.4, -0.2) is 52.9 Å². The average molecular weight is 280 g/mol. The van der Waals surface area contributed by atoms with Gasteiger partial charge in [-0.15, -0.1) is 0 Å². The molecule has 0 spiro atoms. The number of carbonyl (C=O) groups excluding carboxylic acids is 1. The number of piperazine rings is 1. The lowest BCUT2D eigenvalue weighted by Gasteiger charge is -2.44. The SMILES string of the molecule is O=C(c1ccncc1Cl)N1CCN2CCCCC2C1. The summed E-state index contributed by atoms with van der Waals surface area (Å²) in [7, 11) is 0. The summed E-state index contributed by atoms with van der Waals surface area (Å²) in [6, 6.07) is 2.24. The first-order chi connectivity index (χ1) is 9.25. The normalized spacial score (nSPS) is 24.1. The fourth-order valence-electron chi connectivity index (χ4n) is 3.06. The summed E-state index contributed by atoms with van der Waals surface area (Å²) in [4.78, 5) is 20.9. The number of rotatable bonds is 1. The Hall–Kier alpha value is -1.13. The van der Waals surface area contributed by atoms with E-state index in [1.807, 2.05) is 4.90 Å².